The Bertz CT molecular complexity index is 899. The van der Waals surface area contributed by atoms with Crippen LogP contribution in [0.2, 0.25) is 10.0 Å². The molecule has 0 aliphatic rings. The number of nitrogens with one attached hydrogen (secondary N) is 2. The van der Waals surface area contributed by atoms with Gasteiger partial charge < -0.3 is 10.6 Å². The highest BCUT2D eigenvalue weighted by atomic mass is 35.5. The van der Waals surface area contributed by atoms with Gasteiger partial charge in [-0.1, -0.05) is 53.5 Å². The van der Waals surface area contributed by atoms with Crippen molar-refractivity contribution < 1.29 is 4.79 Å². The molecule has 4 nitrogen and oxygen atoms in total. The molecular weight excluding hydrogens is 369 g/mol. The molecule has 1 atom stereocenters. The molecule has 3 aromatic rings. The Labute approximate surface area is 162 Å². The van der Waals surface area contributed by atoms with Crippen LogP contribution in [0.15, 0.2) is 66.9 Å². The first-order valence-corrected chi connectivity index (χ1v) is 8.78. The number of nitrogens with zero attached hydrogens (tertiary/aromatic N) is 1. The molecule has 0 saturated heterocycles. The number of halogens is 2. The lowest BCUT2D eigenvalue weighted by molar-refractivity contribution is -0.117. The number of anilines is 2. The fourth-order valence-electron chi connectivity index (χ4n) is 2.45. The summed E-state index contributed by atoms with van der Waals surface area (Å²) >= 11 is 12.1. The van der Waals surface area contributed by atoms with Crippen LogP contribution in [0, 0.1) is 6.92 Å². The molecule has 3 rings (SSSR count). The lowest BCUT2D eigenvalue weighted by atomic mass is 10.1. The topological polar surface area (TPSA) is 54.0 Å². The maximum Gasteiger partial charge on any atom is 0.251 e. The number of hydrogen-bond acceptors (Lipinski definition) is 3. The van der Waals surface area contributed by atoms with Crippen molar-refractivity contribution in [3.8, 4) is 0 Å². The lowest BCUT2D eigenvalue weighted by Crippen LogP contribution is -2.27. The number of carbonyl (C=O) groups is 1. The molecule has 1 aromatic heterocycles. The molecule has 0 aliphatic heterocycles. The molecule has 0 spiro atoms. The van der Waals surface area contributed by atoms with Crippen molar-refractivity contribution in [2.45, 2.75) is 13.0 Å². The van der Waals surface area contributed by atoms with Gasteiger partial charge in [0.15, 0.2) is 0 Å². The quantitative estimate of drug-likeness (QED) is 0.610. The molecule has 0 fully saturated rings. The third-order valence-electron chi connectivity index (χ3n) is 3.80. The van der Waals surface area contributed by atoms with Gasteiger partial charge in [-0.3, -0.25) is 9.78 Å². The average molecular weight is 386 g/mol. The molecule has 0 saturated carbocycles. The molecule has 0 aliphatic carbocycles. The summed E-state index contributed by atoms with van der Waals surface area (Å²) in [5.74, 6) is -0.201. The van der Waals surface area contributed by atoms with E-state index in [1.54, 1.807) is 24.4 Å². The van der Waals surface area contributed by atoms with Crippen LogP contribution in [0.5, 0.6) is 0 Å². The molecule has 2 N–H and O–H groups in total. The van der Waals surface area contributed by atoms with E-state index >= 15 is 0 Å². The van der Waals surface area contributed by atoms with Crippen LogP contribution >= 0.6 is 23.2 Å². The third kappa shape index (κ3) is 4.54. The predicted molar refractivity (Wildman–Crippen MR) is 107 cm³/mol. The fraction of sp³-hybridized carbons (Fsp3) is 0.100. The molecule has 6 heteroatoms. The first kappa shape index (κ1) is 18.2. The molecule has 2 aromatic carbocycles. The Hall–Kier alpha value is -2.56. The van der Waals surface area contributed by atoms with E-state index in [1.807, 2.05) is 49.4 Å². The zero-order valence-corrected chi connectivity index (χ0v) is 15.6. The number of aromatic nitrogens is 1. The number of rotatable bonds is 5. The molecule has 0 radical (unpaired) electrons. The Kier molecular flexibility index (Phi) is 5.76. The van der Waals surface area contributed by atoms with Gasteiger partial charge in [0, 0.05) is 11.4 Å². The lowest BCUT2D eigenvalue weighted by Gasteiger charge is -2.20. The molecule has 0 bridgehead atoms. The third-order valence-corrected chi connectivity index (χ3v) is 4.54. The summed E-state index contributed by atoms with van der Waals surface area (Å²) in [5.41, 5.74) is 3.05. The van der Waals surface area contributed by atoms with Crippen molar-refractivity contribution in [1.82, 2.24) is 4.98 Å². The maximum atomic E-state index is 12.9. The van der Waals surface area contributed by atoms with E-state index in [-0.39, 0.29) is 5.91 Å². The minimum Gasteiger partial charge on any atom is -0.370 e. The molecule has 26 heavy (non-hydrogen) atoms. The Balaban J connectivity index is 1.86. The van der Waals surface area contributed by atoms with Crippen molar-refractivity contribution >= 4 is 40.5 Å². The normalized spacial score (nSPS) is 11.7. The Morgan fingerprint density at radius 3 is 2.35 bits per heavy atom. The average Bonchev–Trinajstić information content (AvgIpc) is 2.65. The second kappa shape index (κ2) is 8.21. The highest BCUT2D eigenvalue weighted by Gasteiger charge is 2.21. The zero-order valence-electron chi connectivity index (χ0n) is 14.0. The van der Waals surface area contributed by atoms with E-state index in [9.17, 15) is 4.79 Å². The molecule has 1 unspecified atom stereocenters. The van der Waals surface area contributed by atoms with Gasteiger partial charge >= 0.3 is 0 Å². The number of amides is 1. The molecule has 132 valence electrons. The first-order valence-electron chi connectivity index (χ1n) is 8.03. The van der Waals surface area contributed by atoms with Gasteiger partial charge in [-0.25, -0.2) is 0 Å². The minimum atomic E-state index is -0.602. The van der Waals surface area contributed by atoms with E-state index in [4.69, 9.17) is 23.2 Å². The van der Waals surface area contributed by atoms with Crippen LogP contribution in [0.25, 0.3) is 0 Å². The summed E-state index contributed by atoms with van der Waals surface area (Å²) in [6.45, 7) is 1.89. The van der Waals surface area contributed by atoms with Crippen molar-refractivity contribution in [3.05, 3.63) is 88.2 Å². The van der Waals surface area contributed by atoms with Gasteiger partial charge in [0.1, 0.15) is 6.04 Å². The van der Waals surface area contributed by atoms with Crippen LogP contribution in [-0.4, -0.2) is 10.9 Å². The zero-order chi connectivity index (χ0) is 18.5. The number of carbonyl (C=O) groups excluding carboxylic acids is 1. The maximum absolute atomic E-state index is 12.9. The van der Waals surface area contributed by atoms with Crippen molar-refractivity contribution in [1.29, 1.82) is 0 Å². The monoisotopic (exact) mass is 385 g/mol. The van der Waals surface area contributed by atoms with E-state index in [1.165, 1.54) is 0 Å². The number of aryl methyl sites for hydroxylation is 1. The highest BCUT2D eigenvalue weighted by Crippen LogP contribution is 2.28. The Morgan fingerprint density at radius 2 is 1.69 bits per heavy atom. The van der Waals surface area contributed by atoms with Crippen LogP contribution in [0.3, 0.4) is 0 Å². The van der Waals surface area contributed by atoms with Gasteiger partial charge in [0.05, 0.1) is 21.9 Å². The van der Waals surface area contributed by atoms with Crippen LogP contribution < -0.4 is 10.6 Å². The standard InChI is InChI=1S/C20H17Cl2N3O/c1-13-7-8-16(12-23-13)25-20(26)19(14-5-3-2-4-6-14)24-15-9-10-17(21)18(22)11-15/h2-12,19,24H,1H3,(H,25,26). The summed E-state index contributed by atoms with van der Waals surface area (Å²) in [4.78, 5) is 17.1. The van der Waals surface area contributed by atoms with Gasteiger partial charge in [-0.2, -0.15) is 0 Å². The number of pyridine rings is 1. The smallest absolute Gasteiger partial charge is 0.251 e. The second-order valence-corrected chi connectivity index (χ2v) is 6.61. The van der Waals surface area contributed by atoms with Gasteiger partial charge in [0.25, 0.3) is 5.91 Å². The summed E-state index contributed by atoms with van der Waals surface area (Å²) in [7, 11) is 0. The van der Waals surface area contributed by atoms with Gasteiger partial charge in [-0.05, 0) is 42.8 Å². The van der Waals surface area contributed by atoms with E-state index < -0.39 is 6.04 Å². The van der Waals surface area contributed by atoms with Gasteiger partial charge in [-0.15, -0.1) is 0 Å². The molecular formula is C20H17Cl2N3O. The summed E-state index contributed by atoms with van der Waals surface area (Å²) in [6.07, 6.45) is 1.63. The van der Waals surface area contributed by atoms with Crippen molar-refractivity contribution in [3.63, 3.8) is 0 Å². The van der Waals surface area contributed by atoms with Gasteiger partial charge in [0.2, 0.25) is 0 Å². The van der Waals surface area contributed by atoms with E-state index in [0.717, 1.165) is 11.3 Å². The minimum absolute atomic E-state index is 0.201. The van der Waals surface area contributed by atoms with Crippen LogP contribution in [0.1, 0.15) is 17.3 Å². The summed E-state index contributed by atoms with van der Waals surface area (Å²) in [6, 6.07) is 17.7. The van der Waals surface area contributed by atoms with Crippen molar-refractivity contribution in [2.24, 2.45) is 0 Å². The second-order valence-electron chi connectivity index (χ2n) is 5.79. The van der Waals surface area contributed by atoms with E-state index in [0.29, 0.717) is 21.4 Å². The first-order chi connectivity index (χ1) is 12.5. The highest BCUT2D eigenvalue weighted by molar-refractivity contribution is 6.42. The van der Waals surface area contributed by atoms with Crippen LogP contribution in [0.4, 0.5) is 11.4 Å². The molecule has 1 amide bonds. The largest absolute Gasteiger partial charge is 0.370 e. The van der Waals surface area contributed by atoms with Crippen LogP contribution in [-0.2, 0) is 4.79 Å². The Morgan fingerprint density at radius 1 is 0.962 bits per heavy atom. The van der Waals surface area contributed by atoms with Crippen molar-refractivity contribution in [2.75, 3.05) is 10.6 Å². The SMILES string of the molecule is Cc1ccc(NC(=O)C(Nc2ccc(Cl)c(Cl)c2)c2ccccc2)cn1. The summed E-state index contributed by atoms with van der Waals surface area (Å²) < 4.78 is 0. The van der Waals surface area contributed by atoms with E-state index in [2.05, 4.69) is 15.6 Å². The summed E-state index contributed by atoms with van der Waals surface area (Å²) in [5, 5.41) is 6.99. The number of benzene rings is 2. The number of hydrogen-bond donors (Lipinski definition) is 2. The molecule has 1 heterocycles. The predicted octanol–water partition coefficient (Wildman–Crippen LogP) is 5.49. The fourth-order valence-corrected chi connectivity index (χ4v) is 2.75.